The second kappa shape index (κ2) is 10.2. The fraction of sp³-hybridized carbons (Fsp3) is 0.565. The zero-order chi connectivity index (χ0) is 24.3. The van der Waals surface area contributed by atoms with Crippen LogP contribution >= 0.6 is 0 Å². The van der Waals surface area contributed by atoms with Crippen molar-refractivity contribution in [3.63, 3.8) is 0 Å². The molecule has 0 radical (unpaired) electrons. The maximum atomic E-state index is 12.9. The minimum atomic E-state index is -3.43. The van der Waals surface area contributed by atoms with Crippen LogP contribution in [0.2, 0.25) is 0 Å². The molecule has 1 aliphatic heterocycles. The van der Waals surface area contributed by atoms with Gasteiger partial charge in [0.2, 0.25) is 16.0 Å². The summed E-state index contributed by atoms with van der Waals surface area (Å²) in [5.41, 5.74) is 0.351. The number of nitrogens with zero attached hydrogens (tertiary/aromatic N) is 6. The van der Waals surface area contributed by atoms with E-state index in [1.807, 2.05) is 25.1 Å². The number of pyridine rings is 1. The first-order valence-electron chi connectivity index (χ1n) is 11.7. The van der Waals surface area contributed by atoms with Crippen molar-refractivity contribution >= 4 is 27.0 Å². The molecule has 34 heavy (non-hydrogen) atoms. The van der Waals surface area contributed by atoms with Crippen LogP contribution in [-0.4, -0.2) is 71.9 Å². The van der Waals surface area contributed by atoms with Crippen molar-refractivity contribution in [3.05, 3.63) is 39.7 Å². The molecule has 0 aromatic carbocycles. The van der Waals surface area contributed by atoms with Crippen LogP contribution in [-0.2, 0) is 10.0 Å². The van der Waals surface area contributed by atoms with Crippen LogP contribution in [0.4, 0.5) is 5.95 Å². The predicted molar refractivity (Wildman–Crippen MR) is 131 cm³/mol. The Kier molecular flexibility index (Phi) is 7.30. The molecule has 4 rings (SSSR count). The number of aromatic nitrogens is 3. The smallest absolute Gasteiger partial charge is 0.270 e. The molecule has 0 spiro atoms. The summed E-state index contributed by atoms with van der Waals surface area (Å²) in [7, 11) is 0.347. The lowest BCUT2D eigenvalue weighted by Crippen LogP contribution is -2.41. The van der Waals surface area contributed by atoms with Gasteiger partial charge in [-0.05, 0) is 45.8 Å². The predicted octanol–water partition coefficient (Wildman–Crippen LogP) is 2.06. The highest BCUT2D eigenvalue weighted by Gasteiger charge is 2.27. The lowest BCUT2D eigenvalue weighted by molar-refractivity contribution is 0.332. The summed E-state index contributed by atoms with van der Waals surface area (Å²) in [6.07, 6.45) is 8.46. The molecule has 1 saturated carbocycles. The molecule has 0 atom stereocenters. The zero-order valence-corrected chi connectivity index (χ0v) is 20.5. The van der Waals surface area contributed by atoms with Crippen LogP contribution in [0.3, 0.4) is 0 Å². The van der Waals surface area contributed by atoms with Crippen molar-refractivity contribution in [2.45, 2.75) is 50.6 Å². The zero-order valence-electron chi connectivity index (χ0n) is 19.6. The molecular weight excluding hydrogens is 454 g/mol. The molecule has 2 aliphatic rings. The maximum Gasteiger partial charge on any atom is 0.270 e. The van der Waals surface area contributed by atoms with E-state index in [0.29, 0.717) is 49.5 Å². The SMILES string of the molecule is CN(C)C/C=C/S(=O)(=O)N1CCC(Nc2ncc3cc(C#N)c(=O)n(C4CCCC4)c3n2)CC1. The Bertz CT molecular complexity index is 1270. The number of hydrogen-bond acceptors (Lipinski definition) is 8. The van der Waals surface area contributed by atoms with Crippen LogP contribution in [0.5, 0.6) is 0 Å². The second-order valence-electron chi connectivity index (χ2n) is 9.25. The minimum absolute atomic E-state index is 0.0275. The van der Waals surface area contributed by atoms with Gasteiger partial charge in [0.15, 0.2) is 0 Å². The largest absolute Gasteiger partial charge is 0.351 e. The molecule has 11 heteroatoms. The maximum absolute atomic E-state index is 12.9. The van der Waals surface area contributed by atoms with Crippen molar-refractivity contribution in [1.82, 2.24) is 23.7 Å². The molecular formula is C23H31N7O3S. The van der Waals surface area contributed by atoms with E-state index in [2.05, 4.69) is 15.3 Å². The van der Waals surface area contributed by atoms with Crippen LogP contribution < -0.4 is 10.9 Å². The lowest BCUT2D eigenvalue weighted by Gasteiger charge is -2.30. The van der Waals surface area contributed by atoms with E-state index in [1.54, 1.807) is 22.9 Å². The highest BCUT2D eigenvalue weighted by Crippen LogP contribution is 2.30. The van der Waals surface area contributed by atoms with Gasteiger partial charge in [0.05, 0.1) is 0 Å². The van der Waals surface area contributed by atoms with Gasteiger partial charge in [0.1, 0.15) is 17.3 Å². The first kappa shape index (κ1) is 24.3. The molecule has 182 valence electrons. The molecule has 2 aromatic heterocycles. The van der Waals surface area contributed by atoms with Crippen LogP contribution in [0.15, 0.2) is 28.5 Å². The molecule has 0 bridgehead atoms. The summed E-state index contributed by atoms with van der Waals surface area (Å²) in [6.45, 7) is 1.40. The Labute approximate surface area is 200 Å². The van der Waals surface area contributed by atoms with Gasteiger partial charge in [-0.1, -0.05) is 18.9 Å². The second-order valence-corrected chi connectivity index (χ2v) is 11.1. The Morgan fingerprint density at radius 1 is 1.24 bits per heavy atom. The van der Waals surface area contributed by atoms with Crippen molar-refractivity contribution in [2.24, 2.45) is 0 Å². The Morgan fingerprint density at radius 2 is 1.94 bits per heavy atom. The normalized spacial score (nSPS) is 18.8. The Hall–Kier alpha value is -2.81. The highest BCUT2D eigenvalue weighted by atomic mass is 32.2. The molecule has 1 saturated heterocycles. The van der Waals surface area contributed by atoms with Crippen LogP contribution in [0, 0.1) is 11.3 Å². The number of fused-ring (bicyclic) bond motifs is 1. The fourth-order valence-electron chi connectivity index (χ4n) is 4.67. The van der Waals surface area contributed by atoms with Crippen LogP contribution in [0.1, 0.15) is 50.1 Å². The van der Waals surface area contributed by atoms with Crippen molar-refractivity contribution < 1.29 is 8.42 Å². The third-order valence-corrected chi connectivity index (χ3v) is 8.09. The first-order chi connectivity index (χ1) is 16.3. The molecule has 2 aromatic rings. The van der Waals surface area contributed by atoms with Gasteiger partial charge in [-0.2, -0.15) is 14.6 Å². The van der Waals surface area contributed by atoms with Gasteiger partial charge in [-0.3, -0.25) is 9.36 Å². The summed E-state index contributed by atoms with van der Waals surface area (Å²) >= 11 is 0. The standard InChI is InChI=1S/C23H31N7O3S/c1-28(2)10-5-13-34(32,33)29-11-8-19(9-12-29)26-23-25-16-18-14-17(15-24)22(31)30(21(18)27-23)20-6-3-4-7-20/h5,13-14,16,19-20H,3-4,6-12H2,1-2H3,(H,25,26,27)/b13-5+. The molecule has 10 nitrogen and oxygen atoms in total. The molecule has 0 amide bonds. The monoisotopic (exact) mass is 485 g/mol. The number of likely N-dealkylation sites (N-methyl/N-ethyl adjacent to an activating group) is 1. The van der Waals surface area contributed by atoms with Crippen LogP contribution in [0.25, 0.3) is 11.0 Å². The van der Waals surface area contributed by atoms with Gasteiger partial charge >= 0.3 is 0 Å². The van der Waals surface area contributed by atoms with Crippen molar-refractivity contribution in [2.75, 3.05) is 39.0 Å². The highest BCUT2D eigenvalue weighted by molar-refractivity contribution is 7.92. The summed E-state index contributed by atoms with van der Waals surface area (Å²) in [5, 5.41) is 14.7. The number of nitrogens with one attached hydrogen (secondary N) is 1. The average Bonchev–Trinajstić information content (AvgIpc) is 3.33. The number of rotatable bonds is 7. The minimum Gasteiger partial charge on any atom is -0.351 e. The number of piperidine rings is 1. The third kappa shape index (κ3) is 5.29. The number of anilines is 1. The summed E-state index contributed by atoms with van der Waals surface area (Å²) < 4.78 is 28.3. The average molecular weight is 486 g/mol. The fourth-order valence-corrected chi connectivity index (χ4v) is 5.89. The number of sulfonamides is 1. The Balaban J connectivity index is 1.49. The van der Waals surface area contributed by atoms with E-state index in [1.165, 1.54) is 9.71 Å². The summed E-state index contributed by atoms with van der Waals surface area (Å²) in [6, 6.07) is 3.63. The molecule has 1 N–H and O–H groups in total. The first-order valence-corrected chi connectivity index (χ1v) is 13.2. The van der Waals surface area contributed by atoms with E-state index < -0.39 is 10.0 Å². The van der Waals surface area contributed by atoms with Gasteiger partial charge < -0.3 is 10.2 Å². The van der Waals surface area contributed by atoms with Gasteiger partial charge in [0.25, 0.3) is 5.56 Å². The van der Waals surface area contributed by atoms with Crippen molar-refractivity contribution in [1.29, 1.82) is 5.26 Å². The molecule has 0 unspecified atom stereocenters. The molecule has 2 fully saturated rings. The number of hydrogen-bond donors (Lipinski definition) is 1. The summed E-state index contributed by atoms with van der Waals surface area (Å²) in [4.78, 5) is 23.9. The summed E-state index contributed by atoms with van der Waals surface area (Å²) in [5.74, 6) is 0.413. The topological polar surface area (TPSA) is 124 Å². The van der Waals surface area contributed by atoms with E-state index >= 15 is 0 Å². The van der Waals surface area contributed by atoms with E-state index in [4.69, 9.17) is 0 Å². The Morgan fingerprint density at radius 3 is 2.59 bits per heavy atom. The number of nitriles is 1. The van der Waals surface area contributed by atoms with E-state index in [9.17, 15) is 18.5 Å². The van der Waals surface area contributed by atoms with Gasteiger partial charge in [0, 0.05) is 48.7 Å². The van der Waals surface area contributed by atoms with Crippen molar-refractivity contribution in [3.8, 4) is 6.07 Å². The lowest BCUT2D eigenvalue weighted by atomic mass is 10.1. The van der Waals surface area contributed by atoms with Gasteiger partial charge in [-0.15, -0.1) is 0 Å². The van der Waals surface area contributed by atoms with E-state index in [0.717, 1.165) is 25.7 Å². The third-order valence-electron chi connectivity index (χ3n) is 6.47. The van der Waals surface area contributed by atoms with Gasteiger partial charge in [-0.25, -0.2) is 13.4 Å². The van der Waals surface area contributed by atoms with E-state index in [-0.39, 0.29) is 23.2 Å². The molecule has 1 aliphatic carbocycles. The quantitative estimate of drug-likeness (QED) is 0.632. The molecule has 3 heterocycles.